The van der Waals surface area contributed by atoms with Crippen LogP contribution in [0, 0.1) is 14.1 Å². The first-order valence-electron chi connectivity index (χ1n) is 5.51. The van der Waals surface area contributed by atoms with E-state index in [0.29, 0.717) is 5.56 Å². The van der Waals surface area contributed by atoms with Crippen LogP contribution >= 0.6 is 45.2 Å². The van der Waals surface area contributed by atoms with Crippen LogP contribution in [-0.2, 0) is 0 Å². The van der Waals surface area contributed by atoms with Crippen LogP contribution < -0.4 is 5.43 Å². The Hall–Kier alpha value is -1.17. The normalized spacial score (nSPS) is 10.9. The van der Waals surface area contributed by atoms with E-state index in [0.717, 1.165) is 12.8 Å². The number of phenolic OH excluding ortho intramolecular Hbond substituents is 1. The lowest BCUT2D eigenvalue weighted by molar-refractivity contribution is 0.0950. The third-order valence-electron chi connectivity index (χ3n) is 2.37. The van der Waals surface area contributed by atoms with Crippen molar-refractivity contribution in [2.24, 2.45) is 5.10 Å². The Bertz CT molecular complexity index is 682. The zero-order chi connectivity index (χ0) is 14.7. The van der Waals surface area contributed by atoms with Crippen molar-refractivity contribution in [1.29, 1.82) is 0 Å². The molecular formula is C12H10I2N4O2. The first kappa shape index (κ1) is 15.2. The highest BCUT2D eigenvalue weighted by Crippen LogP contribution is 2.25. The predicted molar refractivity (Wildman–Crippen MR) is 91.9 cm³/mol. The van der Waals surface area contributed by atoms with Gasteiger partial charge in [0.25, 0.3) is 5.91 Å². The van der Waals surface area contributed by atoms with Crippen LogP contribution in [0.15, 0.2) is 23.3 Å². The second-order valence-corrected chi connectivity index (χ2v) is 6.37. The van der Waals surface area contributed by atoms with Gasteiger partial charge in [0, 0.05) is 14.8 Å². The molecule has 104 valence electrons. The molecule has 0 bridgehead atoms. The molecule has 20 heavy (non-hydrogen) atoms. The van der Waals surface area contributed by atoms with Crippen molar-refractivity contribution in [3.05, 3.63) is 42.3 Å². The number of halogens is 2. The topological polar surface area (TPSA) is 90.4 Å². The Morgan fingerprint density at radius 2 is 2.20 bits per heavy atom. The summed E-state index contributed by atoms with van der Waals surface area (Å²) < 4.78 is 1.70. The zero-order valence-corrected chi connectivity index (χ0v) is 14.6. The number of phenols is 1. The minimum atomic E-state index is -0.412. The van der Waals surface area contributed by atoms with Crippen molar-refractivity contribution in [3.8, 4) is 5.75 Å². The molecule has 0 saturated carbocycles. The summed E-state index contributed by atoms with van der Waals surface area (Å²) in [6.45, 7) is 1.80. The Morgan fingerprint density at radius 3 is 2.85 bits per heavy atom. The molecule has 0 aliphatic rings. The lowest BCUT2D eigenvalue weighted by Gasteiger charge is -2.02. The van der Waals surface area contributed by atoms with Gasteiger partial charge in [0.2, 0.25) is 0 Å². The van der Waals surface area contributed by atoms with Gasteiger partial charge in [-0.2, -0.15) is 10.2 Å². The summed E-state index contributed by atoms with van der Waals surface area (Å²) in [5.74, 6) is -0.273. The molecule has 1 heterocycles. The molecule has 1 aromatic carbocycles. The van der Waals surface area contributed by atoms with Gasteiger partial charge < -0.3 is 5.11 Å². The van der Waals surface area contributed by atoms with Crippen LogP contribution in [-0.4, -0.2) is 27.4 Å². The summed E-state index contributed by atoms with van der Waals surface area (Å²) in [7, 11) is 0. The van der Waals surface area contributed by atoms with E-state index >= 15 is 0 Å². The Kier molecular flexibility index (Phi) is 4.96. The molecule has 1 amide bonds. The Labute approximate surface area is 142 Å². The summed E-state index contributed by atoms with van der Waals surface area (Å²) in [4.78, 5) is 11.7. The van der Waals surface area contributed by atoms with Gasteiger partial charge in [0.1, 0.15) is 5.75 Å². The van der Waals surface area contributed by atoms with E-state index in [-0.39, 0.29) is 11.4 Å². The molecule has 2 rings (SSSR count). The van der Waals surface area contributed by atoms with Gasteiger partial charge in [-0.25, -0.2) is 5.43 Å². The van der Waals surface area contributed by atoms with E-state index in [1.807, 2.05) is 28.7 Å². The molecule has 0 aliphatic carbocycles. The number of benzene rings is 1. The van der Waals surface area contributed by atoms with Crippen molar-refractivity contribution in [2.45, 2.75) is 6.92 Å². The van der Waals surface area contributed by atoms with Gasteiger partial charge in [-0.15, -0.1) is 0 Å². The highest BCUT2D eigenvalue weighted by Gasteiger charge is 2.08. The number of hydrogen-bond donors (Lipinski definition) is 3. The smallest absolute Gasteiger partial charge is 0.291 e. The number of aromatic amines is 1. The maximum atomic E-state index is 11.7. The molecule has 0 spiro atoms. The number of H-pyrrole nitrogens is 1. The number of carbonyl (C=O) groups excluding carboxylic acids is 1. The fourth-order valence-electron chi connectivity index (χ4n) is 1.44. The molecule has 1 aromatic heterocycles. The van der Waals surface area contributed by atoms with Crippen LogP contribution in [0.5, 0.6) is 5.75 Å². The van der Waals surface area contributed by atoms with Crippen LogP contribution in [0.3, 0.4) is 0 Å². The van der Waals surface area contributed by atoms with Gasteiger partial charge >= 0.3 is 0 Å². The maximum absolute atomic E-state index is 11.7. The molecule has 8 heteroatoms. The number of aromatic hydroxyl groups is 1. The van der Waals surface area contributed by atoms with E-state index in [1.165, 1.54) is 6.21 Å². The zero-order valence-electron chi connectivity index (χ0n) is 10.3. The van der Waals surface area contributed by atoms with E-state index in [4.69, 9.17) is 0 Å². The second kappa shape index (κ2) is 6.52. The highest BCUT2D eigenvalue weighted by atomic mass is 127. The van der Waals surface area contributed by atoms with Gasteiger partial charge in [0.15, 0.2) is 5.69 Å². The quantitative estimate of drug-likeness (QED) is 0.347. The molecule has 0 unspecified atom stereocenters. The standard InChI is InChI=1S/C12H10I2N4O2/c1-6-2-10(17-16-6)12(20)18-15-5-7-3-8(13)4-9(14)11(7)19/h2-5,19H,1H3,(H,16,17)(H,18,20). The minimum absolute atomic E-state index is 0.139. The lowest BCUT2D eigenvalue weighted by Crippen LogP contribution is -2.18. The van der Waals surface area contributed by atoms with E-state index in [1.54, 1.807) is 19.1 Å². The molecule has 0 aliphatic heterocycles. The van der Waals surface area contributed by atoms with Crippen molar-refractivity contribution in [1.82, 2.24) is 15.6 Å². The Morgan fingerprint density at radius 1 is 1.45 bits per heavy atom. The Balaban J connectivity index is 2.09. The first-order valence-corrected chi connectivity index (χ1v) is 7.66. The number of hydrogen-bond acceptors (Lipinski definition) is 4. The number of rotatable bonds is 3. The first-order chi connectivity index (χ1) is 9.47. The fraction of sp³-hybridized carbons (Fsp3) is 0.0833. The number of aromatic nitrogens is 2. The van der Waals surface area contributed by atoms with Crippen LogP contribution in [0.4, 0.5) is 0 Å². The monoisotopic (exact) mass is 496 g/mol. The molecule has 0 saturated heterocycles. The number of amides is 1. The highest BCUT2D eigenvalue weighted by molar-refractivity contribution is 14.1. The maximum Gasteiger partial charge on any atom is 0.291 e. The molecule has 6 nitrogen and oxygen atoms in total. The van der Waals surface area contributed by atoms with Crippen molar-refractivity contribution in [2.75, 3.05) is 0 Å². The SMILES string of the molecule is Cc1cc(C(=O)NN=Cc2cc(I)cc(I)c2O)n[nH]1. The minimum Gasteiger partial charge on any atom is -0.506 e. The molecule has 0 atom stereocenters. The average molecular weight is 496 g/mol. The van der Waals surface area contributed by atoms with Crippen LogP contribution in [0.25, 0.3) is 0 Å². The molecule has 0 fully saturated rings. The van der Waals surface area contributed by atoms with E-state index in [2.05, 4.69) is 43.3 Å². The molecule has 0 radical (unpaired) electrons. The van der Waals surface area contributed by atoms with Crippen LogP contribution in [0.2, 0.25) is 0 Å². The molecule has 2 aromatic rings. The average Bonchev–Trinajstić information content (AvgIpc) is 2.81. The van der Waals surface area contributed by atoms with E-state index in [9.17, 15) is 9.90 Å². The van der Waals surface area contributed by atoms with Crippen molar-refractivity contribution in [3.63, 3.8) is 0 Å². The summed E-state index contributed by atoms with van der Waals surface area (Å²) in [6.07, 6.45) is 1.40. The van der Waals surface area contributed by atoms with Gasteiger partial charge in [-0.1, -0.05) is 0 Å². The fourth-order valence-corrected chi connectivity index (χ4v) is 3.33. The summed E-state index contributed by atoms with van der Waals surface area (Å²) in [5.41, 5.74) is 3.96. The van der Waals surface area contributed by atoms with Crippen molar-refractivity contribution < 1.29 is 9.90 Å². The summed E-state index contributed by atoms with van der Waals surface area (Å²) >= 11 is 4.18. The van der Waals surface area contributed by atoms with Gasteiger partial charge in [-0.05, 0) is 70.3 Å². The predicted octanol–water partition coefficient (Wildman–Crippen LogP) is 2.40. The van der Waals surface area contributed by atoms with Gasteiger partial charge in [0.05, 0.1) is 9.78 Å². The molecule has 3 N–H and O–H groups in total. The number of carbonyl (C=O) groups is 1. The van der Waals surface area contributed by atoms with Crippen LogP contribution in [0.1, 0.15) is 21.7 Å². The lowest BCUT2D eigenvalue weighted by atomic mass is 10.2. The largest absolute Gasteiger partial charge is 0.506 e. The van der Waals surface area contributed by atoms with E-state index < -0.39 is 5.91 Å². The second-order valence-electron chi connectivity index (χ2n) is 3.96. The number of nitrogens with zero attached hydrogens (tertiary/aromatic N) is 2. The number of aryl methyl sites for hydroxylation is 1. The third-order valence-corrected chi connectivity index (χ3v) is 3.81. The van der Waals surface area contributed by atoms with Gasteiger partial charge in [-0.3, -0.25) is 9.89 Å². The number of nitrogens with one attached hydrogen (secondary N) is 2. The summed E-state index contributed by atoms with van der Waals surface area (Å²) in [6, 6.07) is 5.24. The summed E-state index contributed by atoms with van der Waals surface area (Å²) in [5, 5.41) is 20.2. The molecular weight excluding hydrogens is 486 g/mol. The number of hydrazone groups is 1. The third kappa shape index (κ3) is 3.69. The van der Waals surface area contributed by atoms with Crippen molar-refractivity contribution >= 4 is 57.3 Å².